The Hall–Kier alpha value is -2.53. The zero-order chi connectivity index (χ0) is 19.1. The normalized spacial score (nSPS) is 19.2. The van der Waals surface area contributed by atoms with E-state index in [1.807, 2.05) is 30.3 Å². The number of rotatable bonds is 4. The van der Waals surface area contributed by atoms with E-state index in [1.165, 1.54) is 17.7 Å². The van der Waals surface area contributed by atoms with E-state index >= 15 is 0 Å². The van der Waals surface area contributed by atoms with Gasteiger partial charge >= 0.3 is 0 Å². The fourth-order valence-corrected chi connectivity index (χ4v) is 5.22. The first-order valence-corrected chi connectivity index (χ1v) is 11.2. The quantitative estimate of drug-likeness (QED) is 0.682. The van der Waals surface area contributed by atoms with Crippen LogP contribution in [0.4, 0.5) is 5.95 Å². The lowest BCUT2D eigenvalue weighted by Crippen LogP contribution is -2.46. The van der Waals surface area contributed by atoms with Gasteiger partial charge in [-0.3, -0.25) is 4.78 Å². The molecule has 0 bridgehead atoms. The molecular formula is C23H24N4S. The van der Waals surface area contributed by atoms with E-state index in [2.05, 4.69) is 36.1 Å². The van der Waals surface area contributed by atoms with Crippen molar-refractivity contribution < 1.29 is 0 Å². The molecule has 28 heavy (non-hydrogen) atoms. The van der Waals surface area contributed by atoms with Gasteiger partial charge in [0.15, 0.2) is 0 Å². The van der Waals surface area contributed by atoms with Crippen LogP contribution in [0, 0.1) is 4.78 Å². The summed E-state index contributed by atoms with van der Waals surface area (Å²) in [5.74, 6) is 0.882. The highest BCUT2D eigenvalue weighted by Crippen LogP contribution is 2.34. The summed E-state index contributed by atoms with van der Waals surface area (Å²) in [7, 11) is -0.693. The third kappa shape index (κ3) is 3.04. The molecule has 2 aromatic carbocycles. The van der Waals surface area contributed by atoms with Crippen LogP contribution in [0.1, 0.15) is 31.0 Å². The number of hydrogen-bond acceptors (Lipinski definition) is 4. The van der Waals surface area contributed by atoms with Crippen LogP contribution >= 0.6 is 0 Å². The van der Waals surface area contributed by atoms with Crippen LogP contribution in [-0.2, 0) is 23.5 Å². The van der Waals surface area contributed by atoms with Gasteiger partial charge in [-0.25, -0.2) is 9.97 Å². The summed E-state index contributed by atoms with van der Waals surface area (Å²) in [5.41, 5.74) is 4.72. The Morgan fingerprint density at radius 3 is 2.57 bits per heavy atom. The number of fused-ring (bicyclic) bond motifs is 1. The lowest BCUT2D eigenvalue weighted by Gasteiger charge is -2.39. The number of nitrogens with one attached hydrogen (secondary N) is 1. The van der Waals surface area contributed by atoms with E-state index < -0.39 is 10.7 Å². The molecule has 4 nitrogen and oxygen atoms in total. The maximum Gasteiger partial charge on any atom is 0.226 e. The number of anilines is 1. The minimum absolute atomic E-state index is 0.524. The maximum atomic E-state index is 8.73. The molecule has 2 atom stereocenters. The largest absolute Gasteiger partial charge is 0.338 e. The molecule has 0 spiro atoms. The molecule has 1 aliphatic heterocycles. The van der Waals surface area contributed by atoms with Crippen molar-refractivity contribution in [3.63, 3.8) is 0 Å². The van der Waals surface area contributed by atoms with Crippen LogP contribution in [-0.4, -0.2) is 22.6 Å². The summed E-state index contributed by atoms with van der Waals surface area (Å²) in [4.78, 5) is 14.3. The lowest BCUT2D eigenvalue weighted by molar-refractivity contribution is 0.470. The monoisotopic (exact) mass is 388 g/mol. The highest BCUT2D eigenvalue weighted by Gasteiger charge is 2.29. The van der Waals surface area contributed by atoms with Gasteiger partial charge < -0.3 is 4.90 Å². The van der Waals surface area contributed by atoms with Gasteiger partial charge in [0.1, 0.15) is 0 Å². The topological polar surface area (TPSA) is 52.9 Å². The first-order valence-electron chi connectivity index (χ1n) is 9.98. The minimum atomic E-state index is -0.693. The van der Waals surface area contributed by atoms with E-state index in [-0.39, 0.29) is 0 Å². The van der Waals surface area contributed by atoms with Gasteiger partial charge in [-0.2, -0.15) is 0 Å². The molecular weight excluding hydrogens is 364 g/mol. The molecule has 0 amide bonds. The van der Waals surface area contributed by atoms with Crippen LogP contribution in [0.5, 0.6) is 0 Å². The van der Waals surface area contributed by atoms with Crippen molar-refractivity contribution in [2.75, 3.05) is 11.4 Å². The molecule has 1 N–H and O–H groups in total. The van der Waals surface area contributed by atoms with Gasteiger partial charge in [-0.15, -0.1) is 0 Å². The van der Waals surface area contributed by atoms with E-state index in [4.69, 9.17) is 14.7 Å². The second kappa shape index (κ2) is 7.13. The van der Waals surface area contributed by atoms with E-state index in [0.717, 1.165) is 52.8 Å². The predicted molar refractivity (Wildman–Crippen MR) is 114 cm³/mol. The molecule has 2 aliphatic rings. The van der Waals surface area contributed by atoms with Crippen LogP contribution in [0.2, 0.25) is 0 Å². The molecule has 1 aliphatic carbocycles. The third-order valence-corrected chi connectivity index (χ3v) is 7.29. The molecule has 142 valence electrons. The molecule has 0 saturated carbocycles. The number of nitrogens with zero attached hydrogens (tertiary/aromatic N) is 3. The van der Waals surface area contributed by atoms with Crippen molar-refractivity contribution in [2.24, 2.45) is 0 Å². The molecule has 1 aromatic heterocycles. The Morgan fingerprint density at radius 1 is 1.00 bits per heavy atom. The first kappa shape index (κ1) is 17.6. The van der Waals surface area contributed by atoms with Crippen molar-refractivity contribution in [1.82, 2.24) is 9.97 Å². The van der Waals surface area contributed by atoms with Crippen molar-refractivity contribution in [2.45, 2.75) is 48.4 Å². The highest BCUT2D eigenvalue weighted by atomic mass is 32.2. The summed E-state index contributed by atoms with van der Waals surface area (Å²) >= 11 is 0. The first-order chi connectivity index (χ1) is 13.7. The number of benzene rings is 2. The van der Waals surface area contributed by atoms with Crippen molar-refractivity contribution in [3.05, 3.63) is 65.9 Å². The van der Waals surface area contributed by atoms with Gasteiger partial charge in [0.25, 0.3) is 0 Å². The average Bonchev–Trinajstić information content (AvgIpc) is 3.21. The summed E-state index contributed by atoms with van der Waals surface area (Å²) in [6, 6.07) is 19.0. The van der Waals surface area contributed by atoms with E-state index in [1.54, 1.807) is 0 Å². The van der Waals surface area contributed by atoms with E-state index in [0.29, 0.717) is 6.04 Å². The second-order valence-corrected chi connectivity index (χ2v) is 9.18. The molecule has 1 saturated heterocycles. The summed E-state index contributed by atoms with van der Waals surface area (Å²) in [6.07, 6.45) is 4.47. The minimum Gasteiger partial charge on any atom is -0.338 e. The Bertz CT molecular complexity index is 1050. The molecule has 5 heteroatoms. The summed E-state index contributed by atoms with van der Waals surface area (Å²) in [6.45, 7) is 3.29. The Balaban J connectivity index is 1.57. The predicted octanol–water partition coefficient (Wildman–Crippen LogP) is 5.03. The van der Waals surface area contributed by atoms with Gasteiger partial charge in [0, 0.05) is 39.2 Å². The highest BCUT2D eigenvalue weighted by molar-refractivity contribution is 7.86. The van der Waals surface area contributed by atoms with Crippen LogP contribution < -0.4 is 4.90 Å². The molecule has 2 heterocycles. The Morgan fingerprint density at radius 2 is 1.82 bits per heavy atom. The number of aromatic nitrogens is 2. The summed E-state index contributed by atoms with van der Waals surface area (Å²) < 4.78 is 8.73. The molecule has 5 rings (SSSR count). The standard InChI is InChI=1S/C23H24N4S/c1-16-13-14-27(16)23-25-21-12-6-11-20(21)22(26-23)17-7-5-10-19(15-17)28(24)18-8-3-2-4-9-18/h2-5,7-10,15-16,24H,6,11-14H2,1H3/t16-,28?/m0/s1. The fourth-order valence-electron chi connectivity index (χ4n) is 4.06. The molecule has 1 fully saturated rings. The van der Waals surface area contributed by atoms with Crippen molar-refractivity contribution in [3.8, 4) is 11.3 Å². The Labute approximate surface area is 168 Å². The Kier molecular flexibility index (Phi) is 4.47. The van der Waals surface area contributed by atoms with E-state index in [9.17, 15) is 0 Å². The van der Waals surface area contributed by atoms with Crippen LogP contribution in [0.25, 0.3) is 11.3 Å². The lowest BCUT2D eigenvalue weighted by atomic mass is 10.0. The zero-order valence-corrected chi connectivity index (χ0v) is 16.9. The van der Waals surface area contributed by atoms with Crippen LogP contribution in [0.3, 0.4) is 0 Å². The zero-order valence-electron chi connectivity index (χ0n) is 16.1. The van der Waals surface area contributed by atoms with Gasteiger partial charge in [-0.1, -0.05) is 30.3 Å². The van der Waals surface area contributed by atoms with Gasteiger partial charge in [0.2, 0.25) is 5.95 Å². The van der Waals surface area contributed by atoms with Crippen molar-refractivity contribution >= 4 is 16.6 Å². The molecule has 1 unspecified atom stereocenters. The average molecular weight is 389 g/mol. The maximum absolute atomic E-state index is 8.73. The van der Waals surface area contributed by atoms with Crippen LogP contribution in [0.15, 0.2) is 64.4 Å². The van der Waals surface area contributed by atoms with Crippen molar-refractivity contribution in [1.29, 1.82) is 4.78 Å². The SMILES string of the molecule is C[C@H]1CCN1c1nc2c(c(-c3cccc(S(=N)c4ccccc4)c3)n1)CCC2. The fraction of sp³-hybridized carbons (Fsp3) is 0.304. The number of aryl methyl sites for hydroxylation is 1. The number of hydrogen-bond donors (Lipinski definition) is 1. The van der Waals surface area contributed by atoms with Gasteiger partial charge in [0.05, 0.1) is 5.69 Å². The molecule has 0 radical (unpaired) electrons. The smallest absolute Gasteiger partial charge is 0.226 e. The second-order valence-electron chi connectivity index (χ2n) is 7.63. The van der Waals surface area contributed by atoms with Gasteiger partial charge in [-0.05, 0) is 67.6 Å². The third-order valence-electron chi connectivity index (χ3n) is 5.82. The summed E-state index contributed by atoms with van der Waals surface area (Å²) in [5, 5.41) is 0. The molecule has 3 aromatic rings.